The molecule has 6 rings (SSSR count). The van der Waals surface area contributed by atoms with E-state index in [4.69, 9.17) is 10.1 Å². The average Bonchev–Trinajstić information content (AvgIpc) is 3.42. The lowest BCUT2D eigenvalue weighted by atomic mass is 9.96. The quantitative estimate of drug-likeness (QED) is 0.430. The molecule has 150 valence electrons. The first-order valence-corrected chi connectivity index (χ1v) is 10.4. The van der Waals surface area contributed by atoms with Gasteiger partial charge in [-0.2, -0.15) is 4.68 Å². The van der Waals surface area contributed by atoms with Crippen LogP contribution in [0.3, 0.4) is 0 Å². The van der Waals surface area contributed by atoms with Crippen LogP contribution >= 0.6 is 0 Å². The third-order valence-electron chi connectivity index (χ3n) is 6.50. The number of fused-ring (bicyclic) bond motifs is 3. The molecular formula is C23H24N7+. The Bertz CT molecular complexity index is 1420. The van der Waals surface area contributed by atoms with E-state index < -0.39 is 0 Å². The third-order valence-corrected chi connectivity index (χ3v) is 6.50. The Morgan fingerprint density at radius 1 is 1.07 bits per heavy atom. The monoisotopic (exact) mass is 398 g/mol. The zero-order valence-electron chi connectivity index (χ0n) is 17.4. The van der Waals surface area contributed by atoms with E-state index in [1.807, 2.05) is 12.4 Å². The van der Waals surface area contributed by atoms with Gasteiger partial charge in [0.05, 0.1) is 23.1 Å². The minimum absolute atomic E-state index is 0.337. The largest absolute Gasteiger partial charge is 0.337 e. The molecular weight excluding hydrogens is 374 g/mol. The molecule has 7 heteroatoms. The number of hydrogen-bond donors (Lipinski definition) is 0. The predicted molar refractivity (Wildman–Crippen MR) is 115 cm³/mol. The number of benzene rings is 2. The molecule has 3 aromatic heterocycles. The van der Waals surface area contributed by atoms with E-state index in [9.17, 15) is 0 Å². The molecule has 0 bridgehead atoms. The van der Waals surface area contributed by atoms with Gasteiger partial charge in [0.2, 0.25) is 11.0 Å². The predicted octanol–water partition coefficient (Wildman–Crippen LogP) is 2.88. The van der Waals surface area contributed by atoms with Crippen LogP contribution in [0.1, 0.15) is 23.9 Å². The van der Waals surface area contributed by atoms with Crippen molar-refractivity contribution in [1.29, 1.82) is 0 Å². The van der Waals surface area contributed by atoms with E-state index in [1.165, 1.54) is 11.4 Å². The van der Waals surface area contributed by atoms with Crippen LogP contribution in [-0.4, -0.2) is 29.0 Å². The summed E-state index contributed by atoms with van der Waals surface area (Å²) in [6, 6.07) is 15.0. The average molecular weight is 398 g/mol. The summed E-state index contributed by atoms with van der Waals surface area (Å²) in [6.07, 6.45) is 4.95. The van der Waals surface area contributed by atoms with Gasteiger partial charge in [0.1, 0.15) is 18.9 Å². The highest BCUT2D eigenvalue weighted by Crippen LogP contribution is 2.29. The fourth-order valence-electron chi connectivity index (χ4n) is 4.82. The fourth-order valence-corrected chi connectivity index (χ4v) is 4.82. The molecule has 0 saturated carbocycles. The van der Waals surface area contributed by atoms with Crippen molar-refractivity contribution in [3.8, 4) is 11.4 Å². The lowest BCUT2D eigenvalue weighted by molar-refractivity contribution is -0.739. The minimum atomic E-state index is 0.337. The van der Waals surface area contributed by atoms with Crippen molar-refractivity contribution in [3.63, 3.8) is 0 Å². The van der Waals surface area contributed by atoms with Crippen molar-refractivity contribution in [2.24, 2.45) is 21.1 Å². The van der Waals surface area contributed by atoms with Gasteiger partial charge in [0.25, 0.3) is 0 Å². The first kappa shape index (κ1) is 17.4. The van der Waals surface area contributed by atoms with Gasteiger partial charge in [0, 0.05) is 42.9 Å². The lowest BCUT2D eigenvalue weighted by Gasteiger charge is -2.19. The molecule has 3 heterocycles. The summed E-state index contributed by atoms with van der Waals surface area (Å²) in [5.41, 5.74) is 7.95. The molecule has 0 spiro atoms. The number of para-hydroxylation sites is 2. The van der Waals surface area contributed by atoms with Gasteiger partial charge in [0.15, 0.2) is 0 Å². The van der Waals surface area contributed by atoms with Gasteiger partial charge in [-0.05, 0) is 41.9 Å². The normalized spacial score (nSPS) is 16.4. The van der Waals surface area contributed by atoms with Crippen LogP contribution in [0.5, 0.6) is 0 Å². The number of aromatic nitrogens is 7. The smallest absolute Gasteiger partial charge is 0.249 e. The summed E-state index contributed by atoms with van der Waals surface area (Å²) >= 11 is 0. The summed E-state index contributed by atoms with van der Waals surface area (Å²) in [5, 5.41) is 4.95. The Morgan fingerprint density at radius 3 is 2.80 bits per heavy atom. The maximum atomic E-state index is 4.95. The zero-order chi connectivity index (χ0) is 20.4. The van der Waals surface area contributed by atoms with Crippen molar-refractivity contribution in [2.45, 2.75) is 25.3 Å². The van der Waals surface area contributed by atoms with Gasteiger partial charge >= 0.3 is 0 Å². The Morgan fingerprint density at radius 2 is 1.93 bits per heavy atom. The number of imidazole rings is 2. The molecule has 30 heavy (non-hydrogen) atoms. The van der Waals surface area contributed by atoms with Crippen molar-refractivity contribution in [3.05, 3.63) is 60.2 Å². The molecule has 0 amide bonds. The van der Waals surface area contributed by atoms with Crippen LogP contribution in [0, 0.1) is 0 Å². The molecule has 0 saturated heterocycles. The molecule has 1 aliphatic rings. The van der Waals surface area contributed by atoms with E-state index in [1.54, 1.807) is 0 Å². The van der Waals surface area contributed by atoms with Gasteiger partial charge < -0.3 is 9.13 Å². The second-order valence-electron chi connectivity index (χ2n) is 8.28. The van der Waals surface area contributed by atoms with Gasteiger partial charge in [-0.15, -0.1) is 0 Å². The van der Waals surface area contributed by atoms with Crippen molar-refractivity contribution in [2.75, 3.05) is 0 Å². The first-order valence-electron chi connectivity index (χ1n) is 10.4. The Labute approximate surface area is 174 Å². The van der Waals surface area contributed by atoms with Gasteiger partial charge in [-0.1, -0.05) is 12.1 Å². The standard InChI is InChI=1S/C23H24N7/c1-27-14-24-17-11-9-16(13-21(17)27)30-26-19-10-8-15(12-22(19)29(30)3)23-25-18-6-4-5-7-20(18)28(23)2/h4-8,10,12,14,16H,9,11,13H2,1-3H3/q+1. The Hall–Kier alpha value is -3.48. The molecule has 0 aliphatic heterocycles. The number of aryl methyl sites for hydroxylation is 4. The molecule has 0 fully saturated rings. The van der Waals surface area contributed by atoms with Crippen molar-refractivity contribution < 1.29 is 4.68 Å². The summed E-state index contributed by atoms with van der Waals surface area (Å²) in [4.78, 5) is 11.6. The van der Waals surface area contributed by atoms with Crippen molar-refractivity contribution >= 4 is 22.1 Å². The molecule has 7 nitrogen and oxygen atoms in total. The van der Waals surface area contributed by atoms with E-state index in [-0.39, 0.29) is 0 Å². The van der Waals surface area contributed by atoms with E-state index in [0.29, 0.717) is 6.04 Å². The van der Waals surface area contributed by atoms with Gasteiger partial charge in [-0.25, -0.2) is 9.97 Å². The highest BCUT2D eigenvalue weighted by molar-refractivity contribution is 5.83. The molecule has 1 atom stereocenters. The summed E-state index contributed by atoms with van der Waals surface area (Å²) in [7, 11) is 6.26. The van der Waals surface area contributed by atoms with E-state index >= 15 is 0 Å². The molecule has 2 aromatic carbocycles. The molecule has 5 aromatic rings. The number of rotatable bonds is 2. The van der Waals surface area contributed by atoms with Crippen LogP contribution in [0.15, 0.2) is 48.8 Å². The minimum Gasteiger partial charge on any atom is -0.337 e. The summed E-state index contributed by atoms with van der Waals surface area (Å²) in [6.45, 7) is 0. The lowest BCUT2D eigenvalue weighted by Crippen LogP contribution is -2.43. The Kier molecular flexibility index (Phi) is 3.63. The Balaban J connectivity index is 1.43. The molecule has 1 aliphatic carbocycles. The highest BCUT2D eigenvalue weighted by atomic mass is 15.6. The summed E-state index contributed by atoms with van der Waals surface area (Å²) < 4.78 is 6.49. The topological polar surface area (TPSA) is 57.3 Å². The van der Waals surface area contributed by atoms with Crippen LogP contribution in [-0.2, 0) is 34.0 Å². The second kappa shape index (κ2) is 6.26. The highest BCUT2D eigenvalue weighted by Gasteiger charge is 2.30. The third kappa shape index (κ3) is 2.44. The number of nitrogens with zero attached hydrogens (tertiary/aromatic N) is 7. The SMILES string of the molecule is Cn1cnc2c1CC(n1nc3ccc(-c4nc5ccccc5n4C)cc3[n+]1C)CC2. The summed E-state index contributed by atoms with van der Waals surface area (Å²) in [5.74, 6) is 0.975. The maximum Gasteiger partial charge on any atom is 0.249 e. The van der Waals surface area contributed by atoms with Crippen LogP contribution < -0.4 is 4.68 Å². The maximum absolute atomic E-state index is 4.95. The first-order chi connectivity index (χ1) is 14.6. The van der Waals surface area contributed by atoms with E-state index in [0.717, 1.165) is 52.7 Å². The molecule has 0 radical (unpaired) electrons. The molecule has 1 unspecified atom stereocenters. The second-order valence-corrected chi connectivity index (χ2v) is 8.28. The fraction of sp³-hybridized carbons (Fsp3) is 0.304. The van der Waals surface area contributed by atoms with Gasteiger partial charge in [-0.3, -0.25) is 0 Å². The van der Waals surface area contributed by atoms with Crippen molar-refractivity contribution in [1.82, 2.24) is 29.0 Å². The zero-order valence-corrected chi connectivity index (χ0v) is 17.4. The van der Waals surface area contributed by atoms with Crippen LogP contribution in [0.25, 0.3) is 33.5 Å². The number of hydrogen-bond acceptors (Lipinski definition) is 3. The van der Waals surface area contributed by atoms with Crippen LogP contribution in [0.4, 0.5) is 0 Å². The van der Waals surface area contributed by atoms with Crippen LogP contribution in [0.2, 0.25) is 0 Å². The van der Waals surface area contributed by atoms with E-state index in [2.05, 4.69) is 81.1 Å². The molecule has 0 N–H and O–H groups in total.